The van der Waals surface area contributed by atoms with Gasteiger partial charge in [0.05, 0.1) is 23.7 Å². The molecule has 1 aromatic heterocycles. The number of aromatic nitrogens is 1. The number of carbonyl (C=O) groups is 2. The standard InChI is InChI=1S/C24H32N4O3/c1-6-28-20-11-10-17(13-21(20)27(5)22(29)24(3,4)23(28)30)14-25-15-18-9-8-12-26-19(18)16-31-7-2/h8-13,25H,6-7,14-16H2,1-5H3. The van der Waals surface area contributed by atoms with E-state index in [9.17, 15) is 9.59 Å². The summed E-state index contributed by atoms with van der Waals surface area (Å²) in [5, 5.41) is 3.45. The van der Waals surface area contributed by atoms with Gasteiger partial charge in [-0.2, -0.15) is 0 Å². The monoisotopic (exact) mass is 424 g/mol. The van der Waals surface area contributed by atoms with Gasteiger partial charge in [0, 0.05) is 39.5 Å². The lowest BCUT2D eigenvalue weighted by Gasteiger charge is -2.27. The number of hydrogen-bond acceptors (Lipinski definition) is 5. The first kappa shape index (κ1) is 22.9. The summed E-state index contributed by atoms with van der Waals surface area (Å²) >= 11 is 0. The van der Waals surface area contributed by atoms with Gasteiger partial charge in [0.2, 0.25) is 11.8 Å². The van der Waals surface area contributed by atoms with Crippen molar-refractivity contribution in [2.45, 2.75) is 47.4 Å². The Bertz CT molecular complexity index is 958. The zero-order valence-corrected chi connectivity index (χ0v) is 19.1. The van der Waals surface area contributed by atoms with Crippen molar-refractivity contribution < 1.29 is 14.3 Å². The molecule has 0 atom stereocenters. The molecule has 0 fully saturated rings. The van der Waals surface area contributed by atoms with Crippen LogP contribution in [0.3, 0.4) is 0 Å². The first-order valence-corrected chi connectivity index (χ1v) is 10.8. The van der Waals surface area contributed by atoms with Gasteiger partial charge in [-0.3, -0.25) is 14.6 Å². The lowest BCUT2D eigenvalue weighted by atomic mass is 9.90. The van der Waals surface area contributed by atoms with Crippen LogP contribution in [0.25, 0.3) is 0 Å². The van der Waals surface area contributed by atoms with Gasteiger partial charge in [-0.15, -0.1) is 0 Å². The van der Waals surface area contributed by atoms with Crippen LogP contribution in [0.15, 0.2) is 36.5 Å². The molecule has 31 heavy (non-hydrogen) atoms. The van der Waals surface area contributed by atoms with Crippen LogP contribution in [-0.2, 0) is 34.0 Å². The van der Waals surface area contributed by atoms with E-state index in [1.165, 1.54) is 0 Å². The van der Waals surface area contributed by atoms with Gasteiger partial charge < -0.3 is 19.9 Å². The third-order valence-electron chi connectivity index (χ3n) is 5.70. The van der Waals surface area contributed by atoms with Crippen LogP contribution in [0, 0.1) is 5.41 Å². The molecule has 1 aromatic carbocycles. The smallest absolute Gasteiger partial charge is 0.242 e. The maximum absolute atomic E-state index is 13.0. The molecule has 2 amide bonds. The van der Waals surface area contributed by atoms with Gasteiger partial charge >= 0.3 is 0 Å². The van der Waals surface area contributed by atoms with E-state index in [1.54, 1.807) is 36.9 Å². The fourth-order valence-corrected chi connectivity index (χ4v) is 3.86. The first-order chi connectivity index (χ1) is 14.8. The quantitative estimate of drug-likeness (QED) is 0.659. The highest BCUT2D eigenvalue weighted by Crippen LogP contribution is 2.38. The molecule has 0 unspecified atom stereocenters. The summed E-state index contributed by atoms with van der Waals surface area (Å²) in [6.45, 7) is 10.2. The average Bonchev–Trinajstić information content (AvgIpc) is 2.82. The summed E-state index contributed by atoms with van der Waals surface area (Å²) in [5.41, 5.74) is 3.50. The lowest BCUT2D eigenvalue weighted by molar-refractivity contribution is -0.137. The second-order valence-corrected chi connectivity index (χ2v) is 8.21. The van der Waals surface area contributed by atoms with Crippen molar-refractivity contribution >= 4 is 23.2 Å². The van der Waals surface area contributed by atoms with Gasteiger partial charge in [0.15, 0.2) is 0 Å². The minimum atomic E-state index is -1.10. The molecule has 166 valence electrons. The van der Waals surface area contributed by atoms with Crippen molar-refractivity contribution in [2.75, 3.05) is 30.0 Å². The average molecular weight is 425 g/mol. The van der Waals surface area contributed by atoms with E-state index in [0.717, 1.165) is 28.2 Å². The van der Waals surface area contributed by atoms with Gasteiger partial charge in [0.25, 0.3) is 0 Å². The molecule has 7 nitrogen and oxygen atoms in total. The molecule has 0 radical (unpaired) electrons. The Kier molecular flexibility index (Phi) is 7.08. The molecule has 0 bridgehead atoms. The number of nitrogens with one attached hydrogen (secondary N) is 1. The topological polar surface area (TPSA) is 74.8 Å². The summed E-state index contributed by atoms with van der Waals surface area (Å²) in [6, 6.07) is 9.90. The minimum Gasteiger partial charge on any atom is -0.375 e. The number of anilines is 2. The molecule has 0 aliphatic carbocycles. The Morgan fingerprint density at radius 3 is 2.55 bits per heavy atom. The summed E-state index contributed by atoms with van der Waals surface area (Å²) in [6.07, 6.45) is 1.78. The summed E-state index contributed by atoms with van der Waals surface area (Å²) in [4.78, 5) is 33.7. The number of fused-ring (bicyclic) bond motifs is 1. The highest BCUT2D eigenvalue weighted by molar-refractivity contribution is 6.19. The van der Waals surface area contributed by atoms with Crippen molar-refractivity contribution in [1.29, 1.82) is 0 Å². The van der Waals surface area contributed by atoms with Crippen LogP contribution in [-0.4, -0.2) is 37.0 Å². The van der Waals surface area contributed by atoms with Crippen molar-refractivity contribution in [3.63, 3.8) is 0 Å². The molecule has 0 saturated heterocycles. The Morgan fingerprint density at radius 2 is 1.84 bits per heavy atom. The second kappa shape index (κ2) is 9.58. The fraction of sp³-hybridized carbons (Fsp3) is 0.458. The van der Waals surface area contributed by atoms with Crippen LogP contribution in [0.5, 0.6) is 0 Å². The number of benzene rings is 1. The van der Waals surface area contributed by atoms with E-state index in [-0.39, 0.29) is 11.8 Å². The normalized spacial score (nSPS) is 15.8. The molecule has 1 aliphatic rings. The summed E-state index contributed by atoms with van der Waals surface area (Å²) in [5.74, 6) is -0.370. The molecular formula is C24H32N4O3. The number of ether oxygens (including phenoxy) is 1. The van der Waals surface area contributed by atoms with Crippen LogP contribution in [0.1, 0.15) is 44.5 Å². The van der Waals surface area contributed by atoms with Gasteiger partial charge in [0.1, 0.15) is 5.41 Å². The van der Waals surface area contributed by atoms with E-state index in [4.69, 9.17) is 4.74 Å². The molecule has 3 rings (SSSR count). The maximum atomic E-state index is 13.0. The molecule has 0 spiro atoms. The SMILES string of the molecule is CCOCc1ncccc1CNCc1ccc2c(c1)N(C)C(=O)C(C)(C)C(=O)N2CC. The van der Waals surface area contributed by atoms with Crippen molar-refractivity contribution in [1.82, 2.24) is 10.3 Å². The first-order valence-electron chi connectivity index (χ1n) is 10.8. The minimum absolute atomic E-state index is 0.171. The molecule has 2 heterocycles. The summed E-state index contributed by atoms with van der Waals surface area (Å²) < 4.78 is 5.51. The van der Waals surface area contributed by atoms with Crippen LogP contribution in [0.2, 0.25) is 0 Å². The predicted molar refractivity (Wildman–Crippen MR) is 122 cm³/mol. The highest BCUT2D eigenvalue weighted by atomic mass is 16.5. The second-order valence-electron chi connectivity index (χ2n) is 8.21. The molecule has 7 heteroatoms. The van der Waals surface area contributed by atoms with E-state index in [2.05, 4.69) is 10.3 Å². The van der Waals surface area contributed by atoms with Gasteiger partial charge in [-0.25, -0.2) is 0 Å². The number of carbonyl (C=O) groups excluding carboxylic acids is 2. The van der Waals surface area contributed by atoms with E-state index in [0.29, 0.717) is 32.8 Å². The number of hydrogen-bond donors (Lipinski definition) is 1. The third kappa shape index (κ3) is 4.62. The number of pyridine rings is 1. The van der Waals surface area contributed by atoms with Crippen LogP contribution in [0.4, 0.5) is 11.4 Å². The van der Waals surface area contributed by atoms with Crippen molar-refractivity contribution in [2.24, 2.45) is 5.41 Å². The van der Waals surface area contributed by atoms with Gasteiger partial charge in [-0.05, 0) is 57.0 Å². The predicted octanol–water partition coefficient (Wildman–Crippen LogP) is 3.26. The van der Waals surface area contributed by atoms with E-state index in [1.807, 2.05) is 44.2 Å². The zero-order chi connectivity index (χ0) is 22.6. The highest BCUT2D eigenvalue weighted by Gasteiger charge is 2.45. The molecule has 2 aromatic rings. The Labute approximate surface area is 184 Å². The number of rotatable bonds is 8. The molecule has 0 saturated carbocycles. The Balaban J connectivity index is 1.79. The number of amides is 2. The Hall–Kier alpha value is -2.77. The maximum Gasteiger partial charge on any atom is 0.242 e. The lowest BCUT2D eigenvalue weighted by Crippen LogP contribution is -2.47. The van der Waals surface area contributed by atoms with Gasteiger partial charge in [-0.1, -0.05) is 12.1 Å². The molecule has 1 aliphatic heterocycles. The van der Waals surface area contributed by atoms with Crippen molar-refractivity contribution in [3.05, 3.63) is 53.3 Å². The zero-order valence-electron chi connectivity index (χ0n) is 19.1. The van der Waals surface area contributed by atoms with Crippen molar-refractivity contribution in [3.8, 4) is 0 Å². The molecular weight excluding hydrogens is 392 g/mol. The van der Waals surface area contributed by atoms with Crippen LogP contribution >= 0.6 is 0 Å². The Morgan fingerprint density at radius 1 is 1.06 bits per heavy atom. The van der Waals surface area contributed by atoms with Crippen LogP contribution < -0.4 is 15.1 Å². The largest absolute Gasteiger partial charge is 0.375 e. The van der Waals surface area contributed by atoms with E-state index < -0.39 is 5.41 Å². The third-order valence-corrected chi connectivity index (χ3v) is 5.70. The van der Waals surface area contributed by atoms with E-state index >= 15 is 0 Å². The number of nitrogens with zero attached hydrogens (tertiary/aromatic N) is 3. The summed E-state index contributed by atoms with van der Waals surface area (Å²) in [7, 11) is 1.74. The fourth-order valence-electron chi connectivity index (χ4n) is 3.86. The molecule has 1 N–H and O–H groups in total.